The van der Waals surface area contributed by atoms with E-state index in [0.717, 1.165) is 24.0 Å². The molecule has 10 heteroatoms. The van der Waals surface area contributed by atoms with Crippen LogP contribution >= 0.6 is 0 Å². The van der Waals surface area contributed by atoms with Gasteiger partial charge in [0.1, 0.15) is 5.75 Å². The van der Waals surface area contributed by atoms with E-state index in [0.29, 0.717) is 29.1 Å². The molecule has 5 rings (SSSR count). The van der Waals surface area contributed by atoms with Crippen LogP contribution in [0.1, 0.15) is 41.6 Å². The summed E-state index contributed by atoms with van der Waals surface area (Å²) in [4.78, 5) is 18.4. The third-order valence-corrected chi connectivity index (χ3v) is 6.88. The number of carbonyl (C=O) groups is 1. The summed E-state index contributed by atoms with van der Waals surface area (Å²) in [5.74, 6) is 1.38. The van der Waals surface area contributed by atoms with Gasteiger partial charge in [0.15, 0.2) is 12.4 Å². The molecule has 2 heterocycles. The molecule has 3 aromatic rings. The number of nitrogens with one attached hydrogen (secondary N) is 1. The van der Waals surface area contributed by atoms with E-state index in [9.17, 15) is 13.2 Å². The van der Waals surface area contributed by atoms with Crippen molar-refractivity contribution in [3.05, 3.63) is 65.3 Å². The van der Waals surface area contributed by atoms with E-state index in [-0.39, 0.29) is 30.5 Å². The molecule has 0 spiro atoms. The van der Waals surface area contributed by atoms with Gasteiger partial charge in [-0.05, 0) is 43.5 Å². The highest BCUT2D eigenvalue weighted by Crippen LogP contribution is 2.39. The number of fused-ring (bicyclic) bond motifs is 1. The summed E-state index contributed by atoms with van der Waals surface area (Å²) in [6, 6.07) is 12.1. The van der Waals surface area contributed by atoms with E-state index in [1.807, 2.05) is 31.2 Å². The molecule has 1 amide bonds. The molecular formula is C22H22N4O5S. The summed E-state index contributed by atoms with van der Waals surface area (Å²) in [6.07, 6.45) is 2.05. The maximum Gasteiger partial charge on any atom is 0.265 e. The van der Waals surface area contributed by atoms with Gasteiger partial charge in [-0.15, -0.1) is 0 Å². The first kappa shape index (κ1) is 20.7. The number of nitrogens with zero attached hydrogens (tertiary/aromatic N) is 3. The number of aryl methyl sites for hydroxylation is 1. The number of benzene rings is 2. The predicted octanol–water partition coefficient (Wildman–Crippen LogP) is 2.66. The Morgan fingerprint density at radius 2 is 1.94 bits per heavy atom. The van der Waals surface area contributed by atoms with Crippen LogP contribution in [0, 0.1) is 6.92 Å². The summed E-state index contributed by atoms with van der Waals surface area (Å²) >= 11 is 0. The highest BCUT2D eigenvalue weighted by Gasteiger charge is 2.32. The number of sulfonamides is 1. The van der Waals surface area contributed by atoms with Crippen LogP contribution in [0.2, 0.25) is 0 Å². The minimum atomic E-state index is -3.81. The Kier molecular flexibility index (Phi) is 5.18. The van der Waals surface area contributed by atoms with Gasteiger partial charge in [-0.25, -0.2) is 13.1 Å². The molecule has 0 atom stereocenters. The maximum absolute atomic E-state index is 12.9. The molecule has 0 saturated heterocycles. The van der Waals surface area contributed by atoms with Crippen LogP contribution in [0.3, 0.4) is 0 Å². The Bertz CT molecular complexity index is 1270. The molecule has 0 unspecified atom stereocenters. The first-order valence-electron chi connectivity index (χ1n) is 10.3. The Morgan fingerprint density at radius 1 is 1.16 bits per heavy atom. The number of anilines is 1. The molecule has 2 aliphatic rings. The molecule has 0 bridgehead atoms. The number of amides is 1. The number of ether oxygens (including phenoxy) is 1. The highest BCUT2D eigenvalue weighted by atomic mass is 32.2. The van der Waals surface area contributed by atoms with E-state index >= 15 is 0 Å². The Hall–Kier alpha value is -3.24. The number of aromatic nitrogens is 2. The molecule has 1 fully saturated rings. The fourth-order valence-corrected chi connectivity index (χ4v) is 4.50. The lowest BCUT2D eigenvalue weighted by Crippen LogP contribution is -2.38. The van der Waals surface area contributed by atoms with Gasteiger partial charge in [-0.1, -0.05) is 35.0 Å². The third-order valence-electron chi connectivity index (χ3n) is 5.48. The fraction of sp³-hybridized carbons (Fsp3) is 0.318. The van der Waals surface area contributed by atoms with Crippen LogP contribution in [0.15, 0.2) is 51.9 Å². The van der Waals surface area contributed by atoms with Crippen LogP contribution in [0.5, 0.6) is 5.75 Å². The van der Waals surface area contributed by atoms with E-state index in [1.165, 1.54) is 17.0 Å². The zero-order valence-electron chi connectivity index (χ0n) is 17.4. The van der Waals surface area contributed by atoms with Crippen molar-refractivity contribution in [3.63, 3.8) is 0 Å². The summed E-state index contributed by atoms with van der Waals surface area (Å²) in [5.41, 5.74) is 2.31. The van der Waals surface area contributed by atoms with Crippen LogP contribution in [0.25, 0.3) is 0 Å². The first-order valence-corrected chi connectivity index (χ1v) is 11.8. The van der Waals surface area contributed by atoms with Gasteiger partial charge < -0.3 is 9.26 Å². The first-order chi connectivity index (χ1) is 15.4. The zero-order chi connectivity index (χ0) is 22.3. The Morgan fingerprint density at radius 3 is 2.69 bits per heavy atom. The van der Waals surface area contributed by atoms with E-state index in [4.69, 9.17) is 9.26 Å². The second-order valence-electron chi connectivity index (χ2n) is 8.03. The van der Waals surface area contributed by atoms with Crippen molar-refractivity contribution in [2.24, 2.45) is 0 Å². The molecule has 1 N–H and O–H groups in total. The van der Waals surface area contributed by atoms with Gasteiger partial charge in [0.25, 0.3) is 5.91 Å². The minimum absolute atomic E-state index is 0.0402. The van der Waals surface area contributed by atoms with Crippen LogP contribution < -0.4 is 14.4 Å². The maximum atomic E-state index is 12.9. The molecule has 32 heavy (non-hydrogen) atoms. The van der Waals surface area contributed by atoms with Gasteiger partial charge >= 0.3 is 0 Å². The van der Waals surface area contributed by atoms with Gasteiger partial charge in [0.05, 0.1) is 17.1 Å². The Labute approximate surface area is 185 Å². The molecule has 1 saturated carbocycles. The molecule has 1 aliphatic heterocycles. The van der Waals surface area contributed by atoms with Crippen LogP contribution in [0.4, 0.5) is 5.69 Å². The molecule has 2 aromatic carbocycles. The summed E-state index contributed by atoms with van der Waals surface area (Å²) in [6.45, 7) is 2.06. The van der Waals surface area contributed by atoms with Gasteiger partial charge in [0.2, 0.25) is 15.9 Å². The largest absolute Gasteiger partial charge is 0.482 e. The van der Waals surface area contributed by atoms with Crippen LogP contribution in [-0.4, -0.2) is 31.1 Å². The smallest absolute Gasteiger partial charge is 0.265 e. The minimum Gasteiger partial charge on any atom is -0.482 e. The third kappa shape index (κ3) is 4.23. The second kappa shape index (κ2) is 8.03. The highest BCUT2D eigenvalue weighted by molar-refractivity contribution is 7.89. The number of rotatable bonds is 7. The Balaban J connectivity index is 1.38. The van der Waals surface area contributed by atoms with E-state index < -0.39 is 10.0 Å². The molecule has 9 nitrogen and oxygen atoms in total. The number of hydrogen-bond acceptors (Lipinski definition) is 7. The lowest BCUT2D eigenvalue weighted by molar-refractivity contribution is -0.121. The predicted molar refractivity (Wildman–Crippen MR) is 115 cm³/mol. The molecular weight excluding hydrogens is 432 g/mol. The van der Waals surface area contributed by atoms with Crippen molar-refractivity contribution in [2.75, 3.05) is 11.5 Å². The van der Waals surface area contributed by atoms with Gasteiger partial charge in [-0.3, -0.25) is 9.69 Å². The number of hydrogen-bond donors (Lipinski definition) is 1. The van der Waals surface area contributed by atoms with Crippen LogP contribution in [-0.2, 0) is 27.9 Å². The van der Waals surface area contributed by atoms with Crippen molar-refractivity contribution < 1.29 is 22.5 Å². The molecule has 0 radical (unpaired) electrons. The number of carbonyl (C=O) groups excluding carboxylic acids is 1. The molecule has 1 aliphatic carbocycles. The van der Waals surface area contributed by atoms with E-state index in [2.05, 4.69) is 14.9 Å². The van der Waals surface area contributed by atoms with Crippen molar-refractivity contribution in [1.29, 1.82) is 0 Å². The van der Waals surface area contributed by atoms with Crippen molar-refractivity contribution in [2.45, 2.75) is 43.7 Å². The standard InChI is InChI=1S/C22H22N4O5S/c1-14-2-4-15(5-3-14)11-23-32(28,29)17-8-9-19-18(10-17)26(21(27)13-30-19)12-20-24-22(31-25-20)16-6-7-16/h2-5,8-10,16,23H,6-7,11-13H2,1H3. The summed E-state index contributed by atoms with van der Waals surface area (Å²) in [5, 5.41) is 3.97. The van der Waals surface area contributed by atoms with Crippen molar-refractivity contribution >= 4 is 21.6 Å². The zero-order valence-corrected chi connectivity index (χ0v) is 18.3. The molecule has 1 aromatic heterocycles. The topological polar surface area (TPSA) is 115 Å². The summed E-state index contributed by atoms with van der Waals surface area (Å²) in [7, 11) is -3.81. The average molecular weight is 455 g/mol. The lowest BCUT2D eigenvalue weighted by Gasteiger charge is -2.28. The van der Waals surface area contributed by atoms with E-state index in [1.54, 1.807) is 6.07 Å². The quantitative estimate of drug-likeness (QED) is 0.584. The SMILES string of the molecule is Cc1ccc(CNS(=O)(=O)c2ccc3c(c2)N(Cc2noc(C4CC4)n2)C(=O)CO3)cc1. The monoisotopic (exact) mass is 454 g/mol. The van der Waals surface area contributed by atoms with Gasteiger partial charge in [0, 0.05) is 12.5 Å². The van der Waals surface area contributed by atoms with Crippen molar-refractivity contribution in [1.82, 2.24) is 14.9 Å². The normalized spacial score (nSPS) is 16.0. The average Bonchev–Trinajstić information content (AvgIpc) is 3.53. The van der Waals surface area contributed by atoms with Crippen molar-refractivity contribution in [3.8, 4) is 5.75 Å². The molecule has 166 valence electrons. The summed E-state index contributed by atoms with van der Waals surface area (Å²) < 4.78 is 39.2. The lowest BCUT2D eigenvalue weighted by atomic mass is 10.2. The second-order valence-corrected chi connectivity index (χ2v) is 9.80. The fourth-order valence-electron chi connectivity index (χ4n) is 3.46. The van der Waals surface area contributed by atoms with Gasteiger partial charge in [-0.2, -0.15) is 4.98 Å².